The fourth-order valence-electron chi connectivity index (χ4n) is 3.67. The van der Waals surface area contributed by atoms with E-state index < -0.39 is 6.04 Å². The first-order valence-corrected chi connectivity index (χ1v) is 11.2. The number of hydrogen-bond donors (Lipinski definition) is 1. The molecule has 0 bridgehead atoms. The van der Waals surface area contributed by atoms with Crippen molar-refractivity contribution in [3.05, 3.63) is 59.2 Å². The van der Waals surface area contributed by atoms with Crippen LogP contribution >= 0.6 is 0 Å². The lowest BCUT2D eigenvalue weighted by Gasteiger charge is -2.32. The van der Waals surface area contributed by atoms with Crippen molar-refractivity contribution in [1.29, 1.82) is 0 Å². The van der Waals surface area contributed by atoms with Crippen LogP contribution in [-0.4, -0.2) is 41.5 Å². The van der Waals surface area contributed by atoms with Crippen molar-refractivity contribution in [3.8, 4) is 11.5 Å². The molecule has 2 aromatic carbocycles. The molecule has 172 valence electrons. The molecule has 0 aromatic heterocycles. The molecule has 1 aliphatic rings. The highest BCUT2D eigenvalue weighted by Crippen LogP contribution is 2.31. The molecular formula is C26H34N2O4. The molecule has 2 amide bonds. The maximum Gasteiger partial charge on any atom is 0.242 e. The van der Waals surface area contributed by atoms with E-state index >= 15 is 0 Å². The van der Waals surface area contributed by atoms with Gasteiger partial charge < -0.3 is 19.7 Å². The van der Waals surface area contributed by atoms with Gasteiger partial charge in [-0.05, 0) is 69.9 Å². The molecule has 0 saturated heterocycles. The van der Waals surface area contributed by atoms with Crippen molar-refractivity contribution in [1.82, 2.24) is 10.2 Å². The van der Waals surface area contributed by atoms with Gasteiger partial charge in [0.05, 0.1) is 0 Å². The molecule has 1 N–H and O–H groups in total. The van der Waals surface area contributed by atoms with Gasteiger partial charge in [0, 0.05) is 18.5 Å². The highest BCUT2D eigenvalue weighted by Gasteiger charge is 2.28. The SMILES string of the molecule is Cc1ccccc1CN(C(=O)CCc1ccc2c(c1)OCCO2)C(C)C(=O)NC(C)(C)C. The minimum atomic E-state index is -0.582. The Morgan fingerprint density at radius 2 is 1.75 bits per heavy atom. The first kappa shape index (κ1) is 23.6. The molecule has 0 radical (unpaired) electrons. The van der Waals surface area contributed by atoms with Crippen LogP contribution < -0.4 is 14.8 Å². The minimum Gasteiger partial charge on any atom is -0.486 e. The molecule has 32 heavy (non-hydrogen) atoms. The van der Waals surface area contributed by atoms with Crippen LogP contribution in [0.5, 0.6) is 11.5 Å². The number of amides is 2. The molecule has 6 heteroatoms. The number of rotatable bonds is 7. The molecule has 0 aliphatic carbocycles. The van der Waals surface area contributed by atoms with E-state index in [1.165, 1.54) is 0 Å². The number of aryl methyl sites for hydroxylation is 2. The van der Waals surface area contributed by atoms with E-state index in [1.807, 2.05) is 70.2 Å². The minimum absolute atomic E-state index is 0.0558. The Bertz CT molecular complexity index is 965. The number of nitrogens with one attached hydrogen (secondary N) is 1. The number of hydrogen-bond acceptors (Lipinski definition) is 4. The van der Waals surface area contributed by atoms with Crippen molar-refractivity contribution in [2.45, 2.75) is 65.6 Å². The molecule has 3 rings (SSSR count). The van der Waals surface area contributed by atoms with Crippen molar-refractivity contribution >= 4 is 11.8 Å². The van der Waals surface area contributed by atoms with Crippen molar-refractivity contribution in [2.75, 3.05) is 13.2 Å². The average molecular weight is 439 g/mol. The molecule has 1 unspecified atom stereocenters. The fraction of sp³-hybridized carbons (Fsp3) is 0.462. The van der Waals surface area contributed by atoms with Gasteiger partial charge in [-0.25, -0.2) is 0 Å². The topological polar surface area (TPSA) is 67.9 Å². The Labute approximate surface area is 190 Å². The molecule has 2 aromatic rings. The van der Waals surface area contributed by atoms with E-state index in [0.717, 1.165) is 28.2 Å². The van der Waals surface area contributed by atoms with E-state index in [4.69, 9.17) is 9.47 Å². The Hall–Kier alpha value is -3.02. The largest absolute Gasteiger partial charge is 0.486 e. The number of benzene rings is 2. The summed E-state index contributed by atoms with van der Waals surface area (Å²) >= 11 is 0. The number of carbonyl (C=O) groups is 2. The second-order valence-electron chi connectivity index (χ2n) is 9.34. The van der Waals surface area contributed by atoms with Gasteiger partial charge >= 0.3 is 0 Å². The van der Waals surface area contributed by atoms with Crippen LogP contribution in [0.2, 0.25) is 0 Å². The predicted molar refractivity (Wildman–Crippen MR) is 125 cm³/mol. The lowest BCUT2D eigenvalue weighted by Crippen LogP contribution is -2.52. The van der Waals surface area contributed by atoms with Gasteiger partial charge in [0.15, 0.2) is 11.5 Å². The molecular weight excluding hydrogens is 404 g/mol. The third kappa shape index (κ3) is 6.25. The maximum absolute atomic E-state index is 13.3. The normalized spacial score (nSPS) is 13.9. The summed E-state index contributed by atoms with van der Waals surface area (Å²) in [6.45, 7) is 11.1. The predicted octanol–water partition coefficient (Wildman–Crippen LogP) is 4.03. The van der Waals surface area contributed by atoms with Crippen molar-refractivity contribution in [2.24, 2.45) is 0 Å². The Kier molecular flexibility index (Phi) is 7.44. The van der Waals surface area contributed by atoms with Crippen LogP contribution in [0.1, 0.15) is 50.8 Å². The zero-order valence-electron chi connectivity index (χ0n) is 19.7. The summed E-state index contributed by atoms with van der Waals surface area (Å²) in [6, 6.07) is 13.2. The number of ether oxygens (including phenoxy) is 2. The lowest BCUT2D eigenvalue weighted by molar-refractivity contribution is -0.141. The van der Waals surface area contributed by atoms with E-state index in [0.29, 0.717) is 32.6 Å². The summed E-state index contributed by atoms with van der Waals surface area (Å²) in [5, 5.41) is 3.00. The molecule has 1 atom stereocenters. The van der Waals surface area contributed by atoms with E-state index in [9.17, 15) is 9.59 Å². The molecule has 1 heterocycles. The summed E-state index contributed by atoms with van der Waals surface area (Å²) in [5.41, 5.74) is 2.77. The maximum atomic E-state index is 13.3. The van der Waals surface area contributed by atoms with Crippen molar-refractivity contribution in [3.63, 3.8) is 0 Å². The molecule has 0 saturated carbocycles. The smallest absolute Gasteiger partial charge is 0.242 e. The van der Waals surface area contributed by atoms with E-state index in [1.54, 1.807) is 11.8 Å². The third-order valence-corrected chi connectivity index (χ3v) is 5.50. The van der Waals surface area contributed by atoms with Crippen LogP contribution in [0, 0.1) is 6.92 Å². The van der Waals surface area contributed by atoms with Gasteiger partial charge in [0.1, 0.15) is 19.3 Å². The van der Waals surface area contributed by atoms with E-state index in [-0.39, 0.29) is 17.4 Å². The standard InChI is InChI=1S/C26H34N2O4/c1-18-8-6-7-9-21(18)17-28(19(2)25(30)27-26(3,4)5)24(29)13-11-20-10-12-22-23(16-20)32-15-14-31-22/h6-10,12,16,19H,11,13-15,17H2,1-5H3,(H,27,30). The van der Waals surface area contributed by atoms with Gasteiger partial charge in [0.2, 0.25) is 11.8 Å². The second-order valence-corrected chi connectivity index (χ2v) is 9.34. The summed E-state index contributed by atoms with van der Waals surface area (Å²) in [7, 11) is 0. The quantitative estimate of drug-likeness (QED) is 0.709. The van der Waals surface area contributed by atoms with Crippen LogP contribution in [0.3, 0.4) is 0 Å². The van der Waals surface area contributed by atoms with Crippen LogP contribution in [0.15, 0.2) is 42.5 Å². The summed E-state index contributed by atoms with van der Waals surface area (Å²) in [6.07, 6.45) is 0.867. The molecule has 0 spiro atoms. The summed E-state index contributed by atoms with van der Waals surface area (Å²) in [5.74, 6) is 1.24. The molecule has 1 aliphatic heterocycles. The highest BCUT2D eigenvalue weighted by molar-refractivity contribution is 5.87. The van der Waals surface area contributed by atoms with Crippen LogP contribution in [-0.2, 0) is 22.6 Å². The average Bonchev–Trinajstić information content (AvgIpc) is 2.75. The van der Waals surface area contributed by atoms with Gasteiger partial charge in [-0.15, -0.1) is 0 Å². The van der Waals surface area contributed by atoms with E-state index in [2.05, 4.69) is 5.32 Å². The number of nitrogens with zero attached hydrogens (tertiary/aromatic N) is 1. The lowest BCUT2D eigenvalue weighted by atomic mass is 10.0. The van der Waals surface area contributed by atoms with Gasteiger partial charge in [0.25, 0.3) is 0 Å². The monoisotopic (exact) mass is 438 g/mol. The Morgan fingerprint density at radius 3 is 2.44 bits per heavy atom. The zero-order valence-corrected chi connectivity index (χ0v) is 19.7. The van der Waals surface area contributed by atoms with Crippen molar-refractivity contribution < 1.29 is 19.1 Å². The fourth-order valence-corrected chi connectivity index (χ4v) is 3.67. The molecule has 0 fully saturated rings. The summed E-state index contributed by atoms with van der Waals surface area (Å²) < 4.78 is 11.2. The highest BCUT2D eigenvalue weighted by atomic mass is 16.6. The van der Waals surface area contributed by atoms with Crippen LogP contribution in [0.25, 0.3) is 0 Å². The number of fused-ring (bicyclic) bond motifs is 1. The molecule has 6 nitrogen and oxygen atoms in total. The van der Waals surface area contributed by atoms with Gasteiger partial charge in [-0.2, -0.15) is 0 Å². The Balaban J connectivity index is 1.74. The van der Waals surface area contributed by atoms with Crippen LogP contribution in [0.4, 0.5) is 0 Å². The number of carbonyl (C=O) groups excluding carboxylic acids is 2. The van der Waals surface area contributed by atoms with Gasteiger partial charge in [-0.3, -0.25) is 9.59 Å². The second kappa shape index (κ2) is 10.1. The first-order chi connectivity index (χ1) is 15.1. The van der Waals surface area contributed by atoms with Gasteiger partial charge in [-0.1, -0.05) is 30.3 Å². The zero-order chi connectivity index (χ0) is 23.3. The Morgan fingerprint density at radius 1 is 1.06 bits per heavy atom. The summed E-state index contributed by atoms with van der Waals surface area (Å²) in [4.78, 5) is 27.9. The third-order valence-electron chi connectivity index (χ3n) is 5.50. The first-order valence-electron chi connectivity index (χ1n) is 11.2.